The molecule has 0 spiro atoms. The topological polar surface area (TPSA) is 58.6 Å². The maximum atomic E-state index is 11.9. The first-order chi connectivity index (χ1) is 10.2. The highest BCUT2D eigenvalue weighted by Gasteiger charge is 2.33. The summed E-state index contributed by atoms with van der Waals surface area (Å²) in [5.41, 5.74) is 0.807. The molecule has 0 aliphatic heterocycles. The predicted molar refractivity (Wildman–Crippen MR) is 83.0 cm³/mol. The molecular formula is C17H23NO3. The summed E-state index contributed by atoms with van der Waals surface area (Å²) in [6, 6.07) is 7.53. The van der Waals surface area contributed by atoms with Crippen LogP contribution in [0, 0.1) is 5.41 Å². The number of amides is 1. The summed E-state index contributed by atoms with van der Waals surface area (Å²) in [6.45, 7) is 0.692. The molecule has 4 heteroatoms. The van der Waals surface area contributed by atoms with Gasteiger partial charge in [-0.25, -0.2) is 0 Å². The normalized spacial score (nSPS) is 17.0. The van der Waals surface area contributed by atoms with Crippen molar-refractivity contribution in [1.82, 2.24) is 5.32 Å². The van der Waals surface area contributed by atoms with Gasteiger partial charge in [-0.1, -0.05) is 25.0 Å². The first-order valence-corrected chi connectivity index (χ1v) is 7.38. The van der Waals surface area contributed by atoms with E-state index in [1.165, 1.54) is 6.08 Å². The fourth-order valence-corrected chi connectivity index (χ4v) is 2.77. The number of methoxy groups -OCH3 is 1. The van der Waals surface area contributed by atoms with Crippen LogP contribution in [0.5, 0.6) is 5.75 Å². The van der Waals surface area contributed by atoms with E-state index in [0.29, 0.717) is 6.54 Å². The van der Waals surface area contributed by atoms with E-state index in [1.807, 2.05) is 24.3 Å². The lowest BCUT2D eigenvalue weighted by Gasteiger charge is -2.26. The molecule has 1 amide bonds. The highest BCUT2D eigenvalue weighted by molar-refractivity contribution is 5.91. The van der Waals surface area contributed by atoms with Crippen molar-refractivity contribution < 1.29 is 14.6 Å². The van der Waals surface area contributed by atoms with Crippen molar-refractivity contribution in [1.29, 1.82) is 0 Å². The molecule has 1 saturated carbocycles. The first-order valence-electron chi connectivity index (χ1n) is 7.38. The first kappa shape index (κ1) is 15.6. The van der Waals surface area contributed by atoms with Crippen LogP contribution in [-0.4, -0.2) is 31.3 Å². The number of aliphatic hydroxyl groups excluding tert-OH is 1. The number of hydrogen-bond acceptors (Lipinski definition) is 3. The van der Waals surface area contributed by atoms with Crippen molar-refractivity contribution >= 4 is 12.0 Å². The van der Waals surface area contributed by atoms with Crippen LogP contribution in [-0.2, 0) is 4.79 Å². The molecule has 2 N–H and O–H groups in total. The lowest BCUT2D eigenvalue weighted by molar-refractivity contribution is -0.117. The van der Waals surface area contributed by atoms with Crippen LogP contribution >= 0.6 is 0 Å². The zero-order valence-electron chi connectivity index (χ0n) is 12.5. The summed E-state index contributed by atoms with van der Waals surface area (Å²) in [6.07, 6.45) is 7.53. The van der Waals surface area contributed by atoms with Gasteiger partial charge in [0.25, 0.3) is 0 Å². The monoisotopic (exact) mass is 289 g/mol. The van der Waals surface area contributed by atoms with Gasteiger partial charge in [0.1, 0.15) is 5.75 Å². The van der Waals surface area contributed by atoms with E-state index in [1.54, 1.807) is 13.2 Å². The minimum Gasteiger partial charge on any atom is -0.497 e. The van der Waals surface area contributed by atoms with Crippen molar-refractivity contribution in [3.63, 3.8) is 0 Å². The Morgan fingerprint density at radius 1 is 1.43 bits per heavy atom. The van der Waals surface area contributed by atoms with Crippen molar-refractivity contribution in [2.24, 2.45) is 5.41 Å². The Morgan fingerprint density at radius 2 is 2.19 bits per heavy atom. The number of hydrogen-bond donors (Lipinski definition) is 2. The number of carbonyl (C=O) groups excluding carboxylic acids is 1. The van der Waals surface area contributed by atoms with Crippen molar-refractivity contribution in [2.75, 3.05) is 20.3 Å². The maximum Gasteiger partial charge on any atom is 0.244 e. The molecule has 2 rings (SSSR count). The predicted octanol–water partition coefficient (Wildman–Crippen LogP) is 2.38. The Morgan fingerprint density at radius 3 is 2.86 bits per heavy atom. The summed E-state index contributed by atoms with van der Waals surface area (Å²) >= 11 is 0. The molecule has 0 unspecified atom stereocenters. The van der Waals surface area contributed by atoms with Crippen molar-refractivity contribution in [3.05, 3.63) is 35.9 Å². The number of aliphatic hydroxyl groups is 1. The highest BCUT2D eigenvalue weighted by atomic mass is 16.5. The lowest BCUT2D eigenvalue weighted by atomic mass is 9.87. The third-order valence-electron chi connectivity index (χ3n) is 4.16. The molecular weight excluding hydrogens is 266 g/mol. The number of nitrogens with one attached hydrogen (secondary N) is 1. The van der Waals surface area contributed by atoms with Gasteiger partial charge >= 0.3 is 0 Å². The number of ether oxygens (including phenoxy) is 1. The molecule has 21 heavy (non-hydrogen) atoms. The van der Waals surface area contributed by atoms with Gasteiger partial charge < -0.3 is 15.2 Å². The molecule has 1 aromatic carbocycles. The van der Waals surface area contributed by atoms with E-state index in [-0.39, 0.29) is 17.9 Å². The van der Waals surface area contributed by atoms with Gasteiger partial charge in [0.15, 0.2) is 0 Å². The van der Waals surface area contributed by atoms with Crippen molar-refractivity contribution in [2.45, 2.75) is 25.7 Å². The van der Waals surface area contributed by atoms with E-state index >= 15 is 0 Å². The standard InChI is InChI=1S/C17H23NO3/c1-21-15-6-4-5-14(11-15)7-8-16(20)18-12-17(13-19)9-2-3-10-17/h4-8,11,19H,2-3,9-10,12-13H2,1H3,(H,18,20)/b8-7+. The van der Waals surface area contributed by atoms with Gasteiger partial charge in [0.2, 0.25) is 5.91 Å². The summed E-state index contributed by atoms with van der Waals surface area (Å²) in [7, 11) is 1.62. The number of carbonyl (C=O) groups is 1. The van der Waals surface area contributed by atoms with Crippen LogP contribution in [0.2, 0.25) is 0 Å². The maximum absolute atomic E-state index is 11.9. The van der Waals surface area contributed by atoms with E-state index in [0.717, 1.165) is 37.0 Å². The third kappa shape index (κ3) is 4.33. The number of benzene rings is 1. The van der Waals surface area contributed by atoms with Gasteiger partial charge in [-0.05, 0) is 36.6 Å². The molecule has 0 aromatic heterocycles. The zero-order chi connectivity index (χ0) is 15.1. The smallest absolute Gasteiger partial charge is 0.244 e. The molecule has 114 valence electrons. The average molecular weight is 289 g/mol. The van der Waals surface area contributed by atoms with E-state index in [9.17, 15) is 9.90 Å². The molecule has 1 aliphatic rings. The quantitative estimate of drug-likeness (QED) is 0.791. The second-order valence-corrected chi connectivity index (χ2v) is 5.69. The van der Waals surface area contributed by atoms with Crippen LogP contribution in [0.25, 0.3) is 6.08 Å². The van der Waals surface area contributed by atoms with Crippen LogP contribution in [0.3, 0.4) is 0 Å². The van der Waals surface area contributed by atoms with Gasteiger partial charge in [-0.3, -0.25) is 4.79 Å². The third-order valence-corrected chi connectivity index (χ3v) is 4.16. The van der Waals surface area contributed by atoms with Crippen LogP contribution in [0.1, 0.15) is 31.2 Å². The van der Waals surface area contributed by atoms with Gasteiger partial charge in [-0.15, -0.1) is 0 Å². The second kappa shape index (κ2) is 7.27. The van der Waals surface area contributed by atoms with Crippen LogP contribution in [0.4, 0.5) is 0 Å². The largest absolute Gasteiger partial charge is 0.497 e. The molecule has 0 radical (unpaired) electrons. The second-order valence-electron chi connectivity index (χ2n) is 5.69. The molecule has 4 nitrogen and oxygen atoms in total. The highest BCUT2D eigenvalue weighted by Crippen LogP contribution is 2.36. The van der Waals surface area contributed by atoms with E-state index < -0.39 is 0 Å². The molecule has 1 aliphatic carbocycles. The van der Waals surface area contributed by atoms with Crippen LogP contribution < -0.4 is 10.1 Å². The summed E-state index contributed by atoms with van der Waals surface area (Å²) < 4.78 is 5.14. The van der Waals surface area contributed by atoms with E-state index in [4.69, 9.17) is 4.74 Å². The Hall–Kier alpha value is -1.81. The molecule has 0 saturated heterocycles. The fraction of sp³-hybridized carbons (Fsp3) is 0.471. The van der Waals surface area contributed by atoms with E-state index in [2.05, 4.69) is 5.32 Å². The summed E-state index contributed by atoms with van der Waals surface area (Å²) in [5, 5.41) is 12.4. The molecule has 1 fully saturated rings. The summed E-state index contributed by atoms with van der Waals surface area (Å²) in [4.78, 5) is 11.9. The zero-order valence-corrected chi connectivity index (χ0v) is 12.5. The van der Waals surface area contributed by atoms with Gasteiger partial charge in [0, 0.05) is 18.0 Å². The number of rotatable bonds is 6. The minimum absolute atomic E-state index is 0.112. The van der Waals surface area contributed by atoms with Gasteiger partial charge in [-0.2, -0.15) is 0 Å². The Labute approximate surface area is 125 Å². The fourth-order valence-electron chi connectivity index (χ4n) is 2.77. The average Bonchev–Trinajstić information content (AvgIpc) is 3.00. The lowest BCUT2D eigenvalue weighted by Crippen LogP contribution is -2.37. The summed E-state index contributed by atoms with van der Waals surface area (Å²) in [5.74, 6) is 0.639. The Bertz CT molecular complexity index is 505. The molecule has 0 bridgehead atoms. The Balaban J connectivity index is 1.87. The van der Waals surface area contributed by atoms with Crippen LogP contribution in [0.15, 0.2) is 30.3 Å². The van der Waals surface area contributed by atoms with Crippen molar-refractivity contribution in [3.8, 4) is 5.75 Å². The molecule has 0 heterocycles. The Kier molecular flexibility index (Phi) is 5.39. The SMILES string of the molecule is COc1cccc(/C=C/C(=O)NCC2(CO)CCCC2)c1. The molecule has 1 aromatic rings. The minimum atomic E-state index is -0.127. The molecule has 0 atom stereocenters. The van der Waals surface area contributed by atoms with Gasteiger partial charge in [0.05, 0.1) is 13.7 Å².